The Kier molecular flexibility index (Phi) is 8.37. The molecule has 0 unspecified atom stereocenters. The lowest BCUT2D eigenvalue weighted by molar-refractivity contribution is -0.159. The third-order valence-corrected chi connectivity index (χ3v) is 6.77. The Balaban J connectivity index is 1.40. The molecule has 0 spiro atoms. The number of nitrogens with one attached hydrogen (secondary N) is 1. The topological polar surface area (TPSA) is 108 Å². The fraction of sp³-hybridized carbons (Fsp3) is 0.300. The summed E-state index contributed by atoms with van der Waals surface area (Å²) < 4.78 is 11.3. The largest absolute Gasteiger partial charge is 0.458 e. The Morgan fingerprint density at radius 3 is 2.11 bits per heavy atom. The van der Waals surface area contributed by atoms with Crippen LogP contribution in [0.2, 0.25) is 5.02 Å². The van der Waals surface area contributed by atoms with E-state index in [0.717, 1.165) is 27.8 Å². The van der Waals surface area contributed by atoms with Crippen molar-refractivity contribution >= 4 is 29.6 Å². The van der Waals surface area contributed by atoms with Crippen LogP contribution >= 0.6 is 11.6 Å². The van der Waals surface area contributed by atoms with Crippen LogP contribution in [0.5, 0.6) is 0 Å². The van der Waals surface area contributed by atoms with E-state index in [1.165, 1.54) is 0 Å². The molecule has 0 saturated carbocycles. The maximum Gasteiger partial charge on any atom is 0.407 e. The van der Waals surface area contributed by atoms with Gasteiger partial charge < -0.3 is 20.5 Å². The van der Waals surface area contributed by atoms with E-state index in [9.17, 15) is 14.4 Å². The maximum absolute atomic E-state index is 13.1. The predicted molar refractivity (Wildman–Crippen MR) is 146 cm³/mol. The Morgan fingerprint density at radius 1 is 0.947 bits per heavy atom. The average Bonchev–Trinajstić information content (AvgIpc) is 3.19. The number of nitrogens with two attached hydrogens (primary N) is 1. The first kappa shape index (κ1) is 27.2. The number of amides is 2. The van der Waals surface area contributed by atoms with Crippen molar-refractivity contribution in [1.29, 1.82) is 0 Å². The van der Waals surface area contributed by atoms with Crippen molar-refractivity contribution in [3.05, 3.63) is 94.5 Å². The van der Waals surface area contributed by atoms with Gasteiger partial charge in [0.25, 0.3) is 0 Å². The van der Waals surface area contributed by atoms with E-state index in [-0.39, 0.29) is 25.4 Å². The number of carbonyl (C=O) groups excluding carboxylic acids is 3. The Hall–Kier alpha value is -3.84. The van der Waals surface area contributed by atoms with Crippen LogP contribution in [-0.2, 0) is 25.5 Å². The number of hydrogen-bond acceptors (Lipinski definition) is 5. The first-order valence-corrected chi connectivity index (χ1v) is 12.9. The van der Waals surface area contributed by atoms with Crippen molar-refractivity contribution in [1.82, 2.24) is 5.32 Å². The molecule has 0 fully saturated rings. The highest BCUT2D eigenvalue weighted by molar-refractivity contribution is 6.30. The van der Waals surface area contributed by atoms with Gasteiger partial charge in [-0.15, -0.1) is 0 Å². The van der Waals surface area contributed by atoms with Crippen LogP contribution in [0.4, 0.5) is 4.79 Å². The molecular formula is C30H31ClN2O5. The van der Waals surface area contributed by atoms with Gasteiger partial charge in [-0.25, -0.2) is 9.59 Å². The number of alkyl carbamates (subject to hydrolysis) is 1. The van der Waals surface area contributed by atoms with Gasteiger partial charge in [0.05, 0.1) is 0 Å². The number of esters is 1. The Labute approximate surface area is 227 Å². The van der Waals surface area contributed by atoms with Crippen LogP contribution < -0.4 is 11.1 Å². The van der Waals surface area contributed by atoms with Crippen molar-refractivity contribution in [2.75, 3.05) is 6.61 Å². The first-order valence-electron chi connectivity index (χ1n) is 12.5. The molecule has 2 amide bonds. The summed E-state index contributed by atoms with van der Waals surface area (Å²) in [6.07, 6.45) is -0.436. The van der Waals surface area contributed by atoms with E-state index in [0.29, 0.717) is 11.4 Å². The molecule has 0 aliphatic heterocycles. The van der Waals surface area contributed by atoms with Gasteiger partial charge in [0, 0.05) is 23.8 Å². The second-order valence-corrected chi connectivity index (χ2v) is 10.4. The molecule has 3 N–H and O–H groups in total. The SMILES string of the molecule is CC(C)(Cc1ccc(Cl)cc1)OC(=O)[C@H](CCC(N)=O)NC(=O)OCC1c2ccccc2-c2ccccc21. The standard InChI is InChI=1S/C30H31ClN2O5/c1-30(2,17-19-11-13-20(31)14-12-19)38-28(35)26(15-16-27(32)34)33-29(36)37-18-25-23-9-5-3-7-21(23)22-8-4-6-10-24(22)25/h3-14,25-26H,15-18H2,1-2H3,(H2,32,34)(H,33,36)/t26-/m0/s1. The van der Waals surface area contributed by atoms with E-state index in [2.05, 4.69) is 17.4 Å². The van der Waals surface area contributed by atoms with Crippen molar-refractivity contribution in [2.24, 2.45) is 5.73 Å². The average molecular weight is 535 g/mol. The summed E-state index contributed by atoms with van der Waals surface area (Å²) >= 11 is 5.96. The zero-order chi connectivity index (χ0) is 27.3. The van der Waals surface area contributed by atoms with Crippen LogP contribution in [0.15, 0.2) is 72.8 Å². The highest BCUT2D eigenvalue weighted by Gasteiger charge is 2.32. The number of carbonyl (C=O) groups is 3. The van der Waals surface area contributed by atoms with Crippen LogP contribution in [0.25, 0.3) is 11.1 Å². The van der Waals surface area contributed by atoms with E-state index < -0.39 is 29.6 Å². The summed E-state index contributed by atoms with van der Waals surface area (Å²) in [7, 11) is 0. The minimum Gasteiger partial charge on any atom is -0.458 e. The molecule has 3 aromatic carbocycles. The molecule has 8 heteroatoms. The molecule has 3 aromatic rings. The van der Waals surface area contributed by atoms with E-state index >= 15 is 0 Å². The number of ether oxygens (including phenoxy) is 2. The molecule has 1 aliphatic carbocycles. The summed E-state index contributed by atoms with van der Waals surface area (Å²) in [6.45, 7) is 3.65. The summed E-state index contributed by atoms with van der Waals surface area (Å²) in [4.78, 5) is 37.3. The zero-order valence-electron chi connectivity index (χ0n) is 21.4. The summed E-state index contributed by atoms with van der Waals surface area (Å²) in [6, 6.07) is 22.2. The normalized spacial score (nSPS) is 13.2. The molecule has 38 heavy (non-hydrogen) atoms. The molecule has 0 saturated heterocycles. The zero-order valence-corrected chi connectivity index (χ0v) is 22.2. The third-order valence-electron chi connectivity index (χ3n) is 6.52. The first-order chi connectivity index (χ1) is 18.1. The van der Waals surface area contributed by atoms with Crippen molar-refractivity contribution in [3.63, 3.8) is 0 Å². The molecule has 0 bridgehead atoms. The summed E-state index contributed by atoms with van der Waals surface area (Å²) in [5, 5.41) is 3.19. The van der Waals surface area contributed by atoms with Gasteiger partial charge in [-0.2, -0.15) is 0 Å². The predicted octanol–water partition coefficient (Wildman–Crippen LogP) is 5.38. The minimum atomic E-state index is -1.09. The fourth-order valence-corrected chi connectivity index (χ4v) is 4.92. The lowest BCUT2D eigenvalue weighted by atomic mass is 9.98. The van der Waals surface area contributed by atoms with Crippen LogP contribution in [0.1, 0.15) is 49.3 Å². The van der Waals surface area contributed by atoms with Gasteiger partial charge in [0.2, 0.25) is 5.91 Å². The molecule has 1 aliphatic rings. The highest BCUT2D eigenvalue weighted by atomic mass is 35.5. The quantitative estimate of drug-likeness (QED) is 0.340. The molecular weight excluding hydrogens is 504 g/mol. The molecule has 7 nitrogen and oxygen atoms in total. The molecule has 0 heterocycles. The number of rotatable bonds is 10. The van der Waals surface area contributed by atoms with Gasteiger partial charge in [-0.3, -0.25) is 4.79 Å². The van der Waals surface area contributed by atoms with E-state index in [1.807, 2.05) is 48.5 Å². The van der Waals surface area contributed by atoms with Gasteiger partial charge in [-0.05, 0) is 60.2 Å². The molecule has 1 atom stereocenters. The van der Waals surface area contributed by atoms with E-state index in [1.54, 1.807) is 26.0 Å². The Morgan fingerprint density at radius 2 is 1.53 bits per heavy atom. The van der Waals surface area contributed by atoms with E-state index in [4.69, 9.17) is 26.8 Å². The van der Waals surface area contributed by atoms with Gasteiger partial charge in [-0.1, -0.05) is 72.3 Å². The summed E-state index contributed by atoms with van der Waals surface area (Å²) in [5.74, 6) is -1.38. The summed E-state index contributed by atoms with van der Waals surface area (Å²) in [5.41, 5.74) is 9.74. The third kappa shape index (κ3) is 6.72. The second kappa shape index (κ2) is 11.7. The maximum atomic E-state index is 13.1. The molecule has 0 radical (unpaired) electrons. The lowest BCUT2D eigenvalue weighted by Gasteiger charge is -2.28. The number of halogens is 1. The number of fused-ring (bicyclic) bond motifs is 3. The molecule has 198 valence electrons. The monoisotopic (exact) mass is 534 g/mol. The van der Waals surface area contributed by atoms with Crippen molar-refractivity contribution in [3.8, 4) is 11.1 Å². The highest BCUT2D eigenvalue weighted by Crippen LogP contribution is 2.44. The smallest absolute Gasteiger partial charge is 0.407 e. The van der Waals surface area contributed by atoms with Crippen LogP contribution in [0, 0.1) is 0 Å². The van der Waals surface area contributed by atoms with Gasteiger partial charge in [0.1, 0.15) is 18.2 Å². The second-order valence-electron chi connectivity index (χ2n) is 10.0. The lowest BCUT2D eigenvalue weighted by Crippen LogP contribution is -2.46. The number of benzene rings is 3. The van der Waals surface area contributed by atoms with Crippen LogP contribution in [0.3, 0.4) is 0 Å². The minimum absolute atomic E-state index is 0.00458. The van der Waals surface area contributed by atoms with Crippen molar-refractivity contribution in [2.45, 2.75) is 50.7 Å². The van der Waals surface area contributed by atoms with Crippen molar-refractivity contribution < 1.29 is 23.9 Å². The van der Waals surface area contributed by atoms with Crippen LogP contribution in [-0.4, -0.2) is 36.2 Å². The van der Waals surface area contributed by atoms with Gasteiger partial charge in [0.15, 0.2) is 0 Å². The molecule has 0 aromatic heterocycles. The van der Waals surface area contributed by atoms with Gasteiger partial charge >= 0.3 is 12.1 Å². The Bertz CT molecular complexity index is 1280. The number of hydrogen-bond donors (Lipinski definition) is 2. The molecule has 4 rings (SSSR count). The number of primary amides is 1. The fourth-order valence-electron chi connectivity index (χ4n) is 4.79.